The van der Waals surface area contributed by atoms with Crippen LogP contribution >= 0.6 is 0 Å². The molecule has 0 aromatic rings. The molecule has 0 aliphatic rings. The van der Waals surface area contributed by atoms with Crippen molar-refractivity contribution in [3.8, 4) is 0 Å². The number of hydrogen-bond donors (Lipinski definition) is 0. The van der Waals surface area contributed by atoms with Gasteiger partial charge in [0.15, 0.2) is 0 Å². The first-order chi connectivity index (χ1) is 10.0. The van der Waals surface area contributed by atoms with Crippen molar-refractivity contribution in [2.24, 2.45) is 5.92 Å². The standard InChI is InChI=1S/C17H32O4.Na/c1-4-6-7-8-9-10-11-13-15(16(18)19)21-17(20)14(3)12-5-2;/h14-15H,4-13H2,1-3H3,(H,18,19);/q;+1/p-1. The Hall–Kier alpha value is -0.0600. The van der Waals surface area contributed by atoms with Gasteiger partial charge >= 0.3 is 35.5 Å². The number of ether oxygens (including phenoxy) is 1. The molecule has 0 heterocycles. The van der Waals surface area contributed by atoms with Crippen molar-refractivity contribution in [2.75, 3.05) is 0 Å². The van der Waals surface area contributed by atoms with Gasteiger partial charge in [-0.05, 0) is 19.3 Å². The van der Waals surface area contributed by atoms with Gasteiger partial charge in [-0.25, -0.2) is 0 Å². The van der Waals surface area contributed by atoms with Gasteiger partial charge < -0.3 is 14.6 Å². The third kappa shape index (κ3) is 12.5. The molecule has 22 heavy (non-hydrogen) atoms. The monoisotopic (exact) mass is 322 g/mol. The van der Waals surface area contributed by atoms with Crippen molar-refractivity contribution >= 4 is 11.9 Å². The smallest absolute Gasteiger partial charge is 0.546 e. The summed E-state index contributed by atoms with van der Waals surface area (Å²) < 4.78 is 5.07. The van der Waals surface area contributed by atoms with Gasteiger partial charge in [-0.2, -0.15) is 0 Å². The number of esters is 1. The molecule has 0 N–H and O–H groups in total. The second kappa shape index (κ2) is 15.8. The van der Waals surface area contributed by atoms with Crippen LogP contribution in [0.4, 0.5) is 0 Å². The topological polar surface area (TPSA) is 66.4 Å². The van der Waals surface area contributed by atoms with Crippen molar-refractivity contribution < 1.29 is 49.0 Å². The van der Waals surface area contributed by atoms with Crippen LogP contribution in [-0.2, 0) is 14.3 Å². The molecule has 2 unspecified atom stereocenters. The van der Waals surface area contributed by atoms with Crippen LogP contribution in [-0.4, -0.2) is 18.0 Å². The van der Waals surface area contributed by atoms with Gasteiger partial charge in [0.2, 0.25) is 0 Å². The molecule has 0 spiro atoms. The molecule has 2 atom stereocenters. The average Bonchev–Trinajstić information content (AvgIpc) is 2.44. The van der Waals surface area contributed by atoms with Gasteiger partial charge in [0.25, 0.3) is 0 Å². The van der Waals surface area contributed by atoms with Gasteiger partial charge in [0.05, 0.1) is 11.9 Å². The van der Waals surface area contributed by atoms with Gasteiger partial charge in [-0.1, -0.05) is 65.7 Å². The molecule has 0 radical (unpaired) electrons. The van der Waals surface area contributed by atoms with Crippen LogP contribution < -0.4 is 34.7 Å². The minimum atomic E-state index is -1.28. The first-order valence-corrected chi connectivity index (χ1v) is 8.44. The van der Waals surface area contributed by atoms with Crippen LogP contribution in [0.15, 0.2) is 0 Å². The Bertz CT molecular complexity index is 294. The predicted molar refractivity (Wildman–Crippen MR) is 81.6 cm³/mol. The first-order valence-electron chi connectivity index (χ1n) is 8.44. The molecule has 0 saturated heterocycles. The summed E-state index contributed by atoms with van der Waals surface area (Å²) in [4.78, 5) is 22.8. The molecule has 0 aliphatic carbocycles. The Labute approximate surface area is 157 Å². The van der Waals surface area contributed by atoms with Gasteiger partial charge in [0, 0.05) is 0 Å². The molecule has 0 amide bonds. The van der Waals surface area contributed by atoms with E-state index in [4.69, 9.17) is 4.74 Å². The molecular formula is C17H31NaO4. The van der Waals surface area contributed by atoms with Gasteiger partial charge in [-0.3, -0.25) is 4.79 Å². The number of carbonyl (C=O) groups is 2. The summed E-state index contributed by atoms with van der Waals surface area (Å²) in [7, 11) is 0. The Kier molecular flexibility index (Phi) is 17.4. The minimum Gasteiger partial charge on any atom is -0.546 e. The van der Waals surface area contributed by atoms with Crippen molar-refractivity contribution in [1.29, 1.82) is 0 Å². The van der Waals surface area contributed by atoms with E-state index in [0.717, 1.165) is 32.1 Å². The van der Waals surface area contributed by atoms with Crippen LogP contribution in [0.5, 0.6) is 0 Å². The maximum absolute atomic E-state index is 11.7. The number of unbranched alkanes of at least 4 members (excludes halogenated alkanes) is 6. The quantitative estimate of drug-likeness (QED) is 0.277. The second-order valence-electron chi connectivity index (χ2n) is 5.84. The first kappa shape index (κ1) is 24.2. The van der Waals surface area contributed by atoms with Crippen LogP contribution in [0.1, 0.15) is 85.0 Å². The van der Waals surface area contributed by atoms with E-state index in [9.17, 15) is 14.7 Å². The largest absolute Gasteiger partial charge is 1.00 e. The fourth-order valence-corrected chi connectivity index (χ4v) is 2.32. The molecule has 124 valence electrons. The molecule has 4 nitrogen and oxygen atoms in total. The zero-order valence-corrected chi connectivity index (χ0v) is 16.9. The number of aliphatic carboxylic acids is 1. The Morgan fingerprint density at radius 3 is 1.95 bits per heavy atom. The molecule has 0 saturated carbocycles. The average molecular weight is 322 g/mol. The second-order valence-corrected chi connectivity index (χ2v) is 5.84. The van der Waals surface area contributed by atoms with Crippen molar-refractivity contribution in [2.45, 2.75) is 91.1 Å². The van der Waals surface area contributed by atoms with Crippen LogP contribution in [0, 0.1) is 5.92 Å². The van der Waals surface area contributed by atoms with E-state index in [2.05, 4.69) is 6.92 Å². The van der Waals surface area contributed by atoms with E-state index in [1.165, 1.54) is 25.7 Å². The van der Waals surface area contributed by atoms with Crippen molar-refractivity contribution in [1.82, 2.24) is 0 Å². The van der Waals surface area contributed by atoms with E-state index >= 15 is 0 Å². The van der Waals surface area contributed by atoms with Crippen LogP contribution in [0.3, 0.4) is 0 Å². The van der Waals surface area contributed by atoms with E-state index in [-0.39, 0.29) is 35.5 Å². The number of carbonyl (C=O) groups excluding carboxylic acids is 2. The van der Waals surface area contributed by atoms with Crippen molar-refractivity contribution in [3.05, 3.63) is 0 Å². The fraction of sp³-hybridized carbons (Fsp3) is 0.882. The maximum Gasteiger partial charge on any atom is 1.00 e. The zero-order valence-electron chi connectivity index (χ0n) is 14.9. The Morgan fingerprint density at radius 1 is 0.909 bits per heavy atom. The Morgan fingerprint density at radius 2 is 1.45 bits per heavy atom. The maximum atomic E-state index is 11.7. The zero-order chi connectivity index (χ0) is 16.1. The van der Waals surface area contributed by atoms with E-state index < -0.39 is 18.0 Å². The molecule has 0 bridgehead atoms. The number of rotatable bonds is 13. The fourth-order valence-electron chi connectivity index (χ4n) is 2.32. The summed E-state index contributed by atoms with van der Waals surface area (Å²) in [6.07, 6.45) is 8.64. The summed E-state index contributed by atoms with van der Waals surface area (Å²) in [6, 6.07) is 0. The summed E-state index contributed by atoms with van der Waals surface area (Å²) in [5.41, 5.74) is 0. The number of carboxylic acids is 1. The van der Waals surface area contributed by atoms with Gasteiger partial charge in [0.1, 0.15) is 6.10 Å². The molecular weight excluding hydrogens is 291 g/mol. The minimum absolute atomic E-state index is 0. The van der Waals surface area contributed by atoms with Crippen molar-refractivity contribution in [3.63, 3.8) is 0 Å². The van der Waals surface area contributed by atoms with E-state index in [0.29, 0.717) is 6.42 Å². The van der Waals surface area contributed by atoms with E-state index in [1.54, 1.807) is 6.92 Å². The molecule has 0 fully saturated rings. The summed E-state index contributed by atoms with van der Waals surface area (Å²) in [5, 5.41) is 11.0. The number of carboxylic acid groups (broad SMARTS) is 1. The number of hydrogen-bond acceptors (Lipinski definition) is 4. The SMILES string of the molecule is CCCCCCCCCC(OC(=O)C(C)CCC)C(=O)[O-].[Na+]. The van der Waals surface area contributed by atoms with Crippen LogP contribution in [0.25, 0.3) is 0 Å². The third-order valence-corrected chi connectivity index (χ3v) is 3.72. The summed E-state index contributed by atoms with van der Waals surface area (Å²) in [5.74, 6) is -1.95. The van der Waals surface area contributed by atoms with E-state index in [1.807, 2.05) is 6.92 Å². The Balaban J connectivity index is 0. The molecule has 0 aliphatic heterocycles. The normalized spacial score (nSPS) is 13.0. The molecule has 0 rings (SSSR count). The summed E-state index contributed by atoms with van der Waals surface area (Å²) in [6.45, 7) is 5.93. The summed E-state index contributed by atoms with van der Waals surface area (Å²) >= 11 is 0. The van der Waals surface area contributed by atoms with Crippen LogP contribution in [0.2, 0.25) is 0 Å². The third-order valence-electron chi connectivity index (χ3n) is 3.72. The molecule has 0 aromatic carbocycles. The molecule has 5 heteroatoms. The molecule has 0 aromatic heterocycles. The predicted octanol–water partition coefficient (Wildman–Crippen LogP) is 0.229. The van der Waals surface area contributed by atoms with Gasteiger partial charge in [-0.15, -0.1) is 0 Å².